The van der Waals surface area contributed by atoms with Gasteiger partial charge in [-0.2, -0.15) is 5.10 Å². The van der Waals surface area contributed by atoms with Crippen LogP contribution in [0.3, 0.4) is 0 Å². The summed E-state index contributed by atoms with van der Waals surface area (Å²) >= 11 is 3.39. The molecule has 0 unspecified atom stereocenters. The van der Waals surface area contributed by atoms with Gasteiger partial charge in [0.15, 0.2) is 5.65 Å². The number of aryl methyl sites for hydroxylation is 3. The minimum absolute atomic E-state index is 0.122. The van der Waals surface area contributed by atoms with Crippen molar-refractivity contribution < 1.29 is 4.79 Å². The van der Waals surface area contributed by atoms with Crippen LogP contribution in [0.5, 0.6) is 0 Å². The van der Waals surface area contributed by atoms with Crippen molar-refractivity contribution in [1.29, 1.82) is 0 Å². The van der Waals surface area contributed by atoms with Gasteiger partial charge in [0, 0.05) is 30.9 Å². The molecule has 4 rings (SSSR count). The van der Waals surface area contributed by atoms with Gasteiger partial charge in [-0.3, -0.25) is 14.2 Å². The van der Waals surface area contributed by atoms with E-state index in [9.17, 15) is 9.59 Å². The molecule has 2 aromatic heterocycles. The number of halogens is 1. The van der Waals surface area contributed by atoms with E-state index < -0.39 is 0 Å². The van der Waals surface area contributed by atoms with Crippen LogP contribution in [-0.4, -0.2) is 25.2 Å². The zero-order chi connectivity index (χ0) is 22.0. The normalized spacial score (nSPS) is 11.1. The predicted octanol–water partition coefficient (Wildman–Crippen LogP) is 3.44. The number of fused-ring (bicyclic) bond motifs is 1. The summed E-state index contributed by atoms with van der Waals surface area (Å²) in [5.41, 5.74) is 4.05. The number of carbonyl (C=O) groups is 1. The molecule has 0 saturated heterocycles. The molecule has 1 amide bonds. The number of amides is 1. The molecule has 2 heterocycles. The van der Waals surface area contributed by atoms with Gasteiger partial charge in [0.2, 0.25) is 5.91 Å². The van der Waals surface area contributed by atoms with Crippen LogP contribution in [0.1, 0.15) is 23.4 Å². The molecule has 8 heteroatoms. The summed E-state index contributed by atoms with van der Waals surface area (Å²) in [6, 6.07) is 17.4. The van der Waals surface area contributed by atoms with E-state index in [0.29, 0.717) is 23.4 Å². The Morgan fingerprint density at radius 3 is 2.52 bits per heavy atom. The number of benzene rings is 2. The molecule has 4 aromatic rings. The second kappa shape index (κ2) is 8.85. The first kappa shape index (κ1) is 21.0. The maximum atomic E-state index is 12.9. The summed E-state index contributed by atoms with van der Waals surface area (Å²) in [7, 11) is 1.71. The van der Waals surface area contributed by atoms with Gasteiger partial charge in [0.05, 0.1) is 11.4 Å². The Hall–Kier alpha value is -3.26. The highest BCUT2D eigenvalue weighted by molar-refractivity contribution is 9.10. The Bertz CT molecular complexity index is 1290. The number of nitrogens with zero attached hydrogens (tertiary/aromatic N) is 4. The fourth-order valence-electron chi connectivity index (χ4n) is 3.45. The number of para-hydroxylation sites is 1. The monoisotopic (exact) mass is 479 g/mol. The molecule has 2 aromatic carbocycles. The van der Waals surface area contributed by atoms with Crippen molar-refractivity contribution >= 4 is 33.0 Å². The van der Waals surface area contributed by atoms with Crippen molar-refractivity contribution in [2.75, 3.05) is 0 Å². The number of carbonyl (C=O) groups excluding carboxylic acids is 1. The molecule has 0 bridgehead atoms. The Morgan fingerprint density at radius 2 is 1.81 bits per heavy atom. The summed E-state index contributed by atoms with van der Waals surface area (Å²) in [5, 5.41) is 7.47. The van der Waals surface area contributed by atoms with Gasteiger partial charge in [-0.15, -0.1) is 0 Å². The Labute approximate surface area is 187 Å². The van der Waals surface area contributed by atoms with Gasteiger partial charge in [-0.25, -0.2) is 9.67 Å². The van der Waals surface area contributed by atoms with E-state index in [0.717, 1.165) is 21.4 Å². The topological polar surface area (TPSA) is 81.8 Å². The standard InChI is InChI=1S/C23H22BrN5O2/c1-15-21-22(29(27-15)18-6-4-3-5-7-18)28(2)23(31)19(26-21)12-13-20(30)25-14-16-8-10-17(24)11-9-16/h3-11H,12-14H2,1-2H3,(H,25,30). The molecule has 0 aliphatic rings. The van der Waals surface area contributed by atoms with Crippen molar-refractivity contribution in [3.05, 3.63) is 86.4 Å². The van der Waals surface area contributed by atoms with Gasteiger partial charge in [-0.1, -0.05) is 46.3 Å². The number of hydrogen-bond donors (Lipinski definition) is 1. The third-order valence-electron chi connectivity index (χ3n) is 5.11. The van der Waals surface area contributed by atoms with E-state index in [4.69, 9.17) is 0 Å². The first-order valence-corrected chi connectivity index (χ1v) is 10.7. The molecule has 1 N–H and O–H groups in total. The van der Waals surface area contributed by atoms with Crippen LogP contribution >= 0.6 is 15.9 Å². The number of aromatic nitrogens is 4. The lowest BCUT2D eigenvalue weighted by molar-refractivity contribution is -0.121. The summed E-state index contributed by atoms with van der Waals surface area (Å²) in [5.74, 6) is -0.122. The minimum atomic E-state index is -0.217. The molecule has 0 aliphatic carbocycles. The second-order valence-corrected chi connectivity index (χ2v) is 8.25. The molecule has 7 nitrogen and oxygen atoms in total. The van der Waals surface area contributed by atoms with E-state index in [-0.39, 0.29) is 24.3 Å². The van der Waals surface area contributed by atoms with Gasteiger partial charge in [0.25, 0.3) is 5.56 Å². The summed E-state index contributed by atoms with van der Waals surface area (Å²) in [6.07, 6.45) is 0.459. The number of hydrogen-bond acceptors (Lipinski definition) is 4. The van der Waals surface area contributed by atoms with Gasteiger partial charge >= 0.3 is 0 Å². The SMILES string of the molecule is Cc1nn(-c2ccccc2)c2c1nc(CCC(=O)NCc1ccc(Br)cc1)c(=O)n2C. The van der Waals surface area contributed by atoms with Crippen molar-refractivity contribution in [3.8, 4) is 5.69 Å². The van der Waals surface area contributed by atoms with Gasteiger partial charge in [0.1, 0.15) is 11.2 Å². The molecule has 0 saturated carbocycles. The van der Waals surface area contributed by atoms with E-state index >= 15 is 0 Å². The Balaban J connectivity index is 1.53. The number of nitrogens with one attached hydrogen (secondary N) is 1. The largest absolute Gasteiger partial charge is 0.352 e. The number of rotatable bonds is 6. The fourth-order valence-corrected chi connectivity index (χ4v) is 3.71. The first-order valence-electron chi connectivity index (χ1n) is 9.96. The zero-order valence-corrected chi connectivity index (χ0v) is 18.9. The van der Waals surface area contributed by atoms with Crippen LogP contribution in [-0.2, 0) is 24.8 Å². The maximum absolute atomic E-state index is 12.9. The van der Waals surface area contributed by atoms with Gasteiger partial charge in [-0.05, 0) is 36.8 Å². The molecule has 0 fully saturated rings. The molecule has 0 atom stereocenters. The first-order chi connectivity index (χ1) is 14.9. The van der Waals surface area contributed by atoms with Crippen LogP contribution in [0.4, 0.5) is 0 Å². The highest BCUT2D eigenvalue weighted by Gasteiger charge is 2.18. The van der Waals surface area contributed by atoms with Gasteiger partial charge < -0.3 is 5.32 Å². The average Bonchev–Trinajstić information content (AvgIpc) is 3.11. The second-order valence-electron chi connectivity index (χ2n) is 7.33. The lowest BCUT2D eigenvalue weighted by Gasteiger charge is -2.09. The highest BCUT2D eigenvalue weighted by atomic mass is 79.9. The van der Waals surface area contributed by atoms with Crippen LogP contribution in [0, 0.1) is 6.92 Å². The molecule has 0 aliphatic heterocycles. The molecule has 0 radical (unpaired) electrons. The predicted molar refractivity (Wildman–Crippen MR) is 123 cm³/mol. The van der Waals surface area contributed by atoms with Crippen molar-refractivity contribution in [3.63, 3.8) is 0 Å². The van der Waals surface area contributed by atoms with Crippen LogP contribution in [0.2, 0.25) is 0 Å². The van der Waals surface area contributed by atoms with E-state index in [1.807, 2.05) is 61.5 Å². The fraction of sp³-hybridized carbons (Fsp3) is 0.217. The lowest BCUT2D eigenvalue weighted by Crippen LogP contribution is -2.27. The smallest absolute Gasteiger partial charge is 0.273 e. The van der Waals surface area contributed by atoms with Crippen molar-refractivity contribution in [1.82, 2.24) is 24.6 Å². The minimum Gasteiger partial charge on any atom is -0.352 e. The summed E-state index contributed by atoms with van der Waals surface area (Å²) in [4.78, 5) is 29.8. The van der Waals surface area contributed by atoms with E-state index in [1.165, 1.54) is 0 Å². The van der Waals surface area contributed by atoms with Crippen molar-refractivity contribution in [2.24, 2.45) is 7.05 Å². The lowest BCUT2D eigenvalue weighted by atomic mass is 10.2. The Kier molecular flexibility index (Phi) is 5.99. The van der Waals surface area contributed by atoms with Crippen LogP contribution < -0.4 is 10.9 Å². The highest BCUT2D eigenvalue weighted by Crippen LogP contribution is 2.19. The molecule has 158 valence electrons. The maximum Gasteiger partial charge on any atom is 0.273 e. The average molecular weight is 480 g/mol. The molecule has 0 spiro atoms. The molecular formula is C23H22BrN5O2. The van der Waals surface area contributed by atoms with Crippen molar-refractivity contribution in [2.45, 2.75) is 26.3 Å². The third-order valence-corrected chi connectivity index (χ3v) is 5.64. The summed E-state index contributed by atoms with van der Waals surface area (Å²) < 4.78 is 4.28. The molecular weight excluding hydrogens is 458 g/mol. The quantitative estimate of drug-likeness (QED) is 0.459. The zero-order valence-electron chi connectivity index (χ0n) is 17.3. The third kappa shape index (κ3) is 4.44. The molecule has 31 heavy (non-hydrogen) atoms. The summed E-state index contributed by atoms with van der Waals surface area (Å²) in [6.45, 7) is 2.31. The van der Waals surface area contributed by atoms with Crippen LogP contribution in [0.15, 0.2) is 63.9 Å². The van der Waals surface area contributed by atoms with E-state index in [1.54, 1.807) is 16.3 Å². The van der Waals surface area contributed by atoms with Crippen LogP contribution in [0.25, 0.3) is 16.9 Å². The Morgan fingerprint density at radius 1 is 1.10 bits per heavy atom. The van der Waals surface area contributed by atoms with E-state index in [2.05, 4.69) is 31.3 Å².